The minimum Gasteiger partial charge on any atom is -0.491 e. The van der Waals surface area contributed by atoms with Crippen LogP contribution in [0.15, 0.2) is 30.8 Å². The van der Waals surface area contributed by atoms with Crippen molar-refractivity contribution in [3.05, 3.63) is 36.4 Å². The molecule has 0 fully saturated rings. The van der Waals surface area contributed by atoms with Gasteiger partial charge in [-0.25, -0.2) is 0 Å². The molecule has 2 nitrogen and oxygen atoms in total. The van der Waals surface area contributed by atoms with Gasteiger partial charge in [0.25, 0.3) is 0 Å². The lowest BCUT2D eigenvalue weighted by molar-refractivity contribution is 0.110. The molecule has 1 aromatic rings. The van der Waals surface area contributed by atoms with Gasteiger partial charge in [0.1, 0.15) is 12.4 Å². The molecule has 15 heavy (non-hydrogen) atoms. The molecular weight excluding hydrogens is 188 g/mol. The fourth-order valence-electron chi connectivity index (χ4n) is 1.21. The molecule has 0 saturated carbocycles. The fourth-order valence-corrected chi connectivity index (χ4v) is 1.21. The van der Waals surface area contributed by atoms with Crippen molar-refractivity contribution in [2.45, 2.75) is 13.8 Å². The smallest absolute Gasteiger partial charge is 0.120 e. The molecule has 1 aromatic carbocycles. The molecular formula is C13H18O2. The third kappa shape index (κ3) is 4.17. The van der Waals surface area contributed by atoms with E-state index in [1.165, 1.54) is 0 Å². The van der Waals surface area contributed by atoms with E-state index in [-0.39, 0.29) is 0 Å². The van der Waals surface area contributed by atoms with Gasteiger partial charge in [0, 0.05) is 6.61 Å². The predicted molar refractivity (Wildman–Crippen MR) is 63.1 cm³/mol. The Balaban J connectivity index is 2.47. The van der Waals surface area contributed by atoms with Crippen LogP contribution in [0.5, 0.6) is 5.75 Å². The Labute approximate surface area is 91.5 Å². The van der Waals surface area contributed by atoms with E-state index in [0.717, 1.165) is 23.5 Å². The molecule has 0 atom stereocenters. The van der Waals surface area contributed by atoms with Crippen LogP contribution in [0.2, 0.25) is 0 Å². The van der Waals surface area contributed by atoms with E-state index in [1.807, 2.05) is 38.1 Å². The highest BCUT2D eigenvalue weighted by atomic mass is 16.5. The van der Waals surface area contributed by atoms with Gasteiger partial charge in [-0.3, -0.25) is 0 Å². The van der Waals surface area contributed by atoms with Crippen molar-refractivity contribution in [1.82, 2.24) is 0 Å². The van der Waals surface area contributed by atoms with Gasteiger partial charge in [0.05, 0.1) is 6.61 Å². The van der Waals surface area contributed by atoms with E-state index in [9.17, 15) is 0 Å². The molecule has 0 aliphatic heterocycles. The lowest BCUT2D eigenvalue weighted by atomic mass is 10.1. The Morgan fingerprint density at radius 1 is 1.33 bits per heavy atom. The van der Waals surface area contributed by atoms with E-state index in [4.69, 9.17) is 9.47 Å². The SMILES string of the molecule is C=C(C)c1cccc(OCCOCC)c1. The molecule has 0 heterocycles. The molecule has 82 valence electrons. The van der Waals surface area contributed by atoms with Crippen molar-refractivity contribution in [2.75, 3.05) is 19.8 Å². The average molecular weight is 206 g/mol. The number of hydrogen-bond donors (Lipinski definition) is 0. The molecule has 2 heteroatoms. The van der Waals surface area contributed by atoms with Crippen molar-refractivity contribution in [3.63, 3.8) is 0 Å². The molecule has 0 amide bonds. The van der Waals surface area contributed by atoms with Crippen LogP contribution in [0, 0.1) is 0 Å². The van der Waals surface area contributed by atoms with Crippen LogP contribution in [-0.4, -0.2) is 19.8 Å². The van der Waals surface area contributed by atoms with Crippen molar-refractivity contribution in [2.24, 2.45) is 0 Å². The summed E-state index contributed by atoms with van der Waals surface area (Å²) in [6.07, 6.45) is 0. The van der Waals surface area contributed by atoms with E-state index < -0.39 is 0 Å². The predicted octanol–water partition coefficient (Wildman–Crippen LogP) is 3.14. The number of benzene rings is 1. The minimum atomic E-state index is 0.591. The number of rotatable bonds is 6. The quantitative estimate of drug-likeness (QED) is 0.666. The zero-order valence-corrected chi connectivity index (χ0v) is 9.45. The fraction of sp³-hybridized carbons (Fsp3) is 0.385. The largest absolute Gasteiger partial charge is 0.491 e. The molecule has 0 aliphatic carbocycles. The highest BCUT2D eigenvalue weighted by Crippen LogP contribution is 2.18. The Bertz CT molecular complexity index is 318. The van der Waals surface area contributed by atoms with Crippen molar-refractivity contribution >= 4 is 5.57 Å². The average Bonchev–Trinajstić information content (AvgIpc) is 2.25. The first kappa shape index (κ1) is 11.8. The molecule has 1 rings (SSSR count). The molecule has 0 bridgehead atoms. The number of hydrogen-bond acceptors (Lipinski definition) is 2. The lowest BCUT2D eigenvalue weighted by Gasteiger charge is -2.07. The summed E-state index contributed by atoms with van der Waals surface area (Å²) in [4.78, 5) is 0. The summed E-state index contributed by atoms with van der Waals surface area (Å²) in [5.41, 5.74) is 2.16. The van der Waals surface area contributed by atoms with Crippen LogP contribution in [0.25, 0.3) is 5.57 Å². The van der Waals surface area contributed by atoms with Crippen molar-refractivity contribution in [3.8, 4) is 5.75 Å². The molecule has 0 radical (unpaired) electrons. The normalized spacial score (nSPS) is 10.0. The highest BCUT2D eigenvalue weighted by Gasteiger charge is 1.97. The van der Waals surface area contributed by atoms with E-state index in [1.54, 1.807) is 0 Å². The Kier molecular flexibility index (Phi) is 4.91. The Hall–Kier alpha value is -1.28. The van der Waals surface area contributed by atoms with Crippen molar-refractivity contribution < 1.29 is 9.47 Å². The summed E-state index contributed by atoms with van der Waals surface area (Å²) in [6.45, 7) is 9.81. The summed E-state index contributed by atoms with van der Waals surface area (Å²) >= 11 is 0. The second-order valence-corrected chi connectivity index (χ2v) is 3.35. The zero-order chi connectivity index (χ0) is 11.1. The van der Waals surface area contributed by atoms with Crippen LogP contribution in [0.1, 0.15) is 19.4 Å². The summed E-state index contributed by atoms with van der Waals surface area (Å²) in [6, 6.07) is 7.93. The molecule has 0 N–H and O–H groups in total. The van der Waals surface area contributed by atoms with Crippen LogP contribution in [0.4, 0.5) is 0 Å². The standard InChI is InChI=1S/C13H18O2/c1-4-14-8-9-15-13-7-5-6-12(10-13)11(2)3/h5-7,10H,2,4,8-9H2,1,3H3. The van der Waals surface area contributed by atoms with Gasteiger partial charge < -0.3 is 9.47 Å². The van der Waals surface area contributed by atoms with Crippen molar-refractivity contribution in [1.29, 1.82) is 0 Å². The highest BCUT2D eigenvalue weighted by molar-refractivity contribution is 5.62. The summed E-state index contributed by atoms with van der Waals surface area (Å²) in [5.74, 6) is 0.871. The first-order valence-corrected chi connectivity index (χ1v) is 5.20. The lowest BCUT2D eigenvalue weighted by Crippen LogP contribution is -2.06. The zero-order valence-electron chi connectivity index (χ0n) is 9.45. The molecule has 0 aromatic heterocycles. The maximum absolute atomic E-state index is 5.53. The van der Waals surface area contributed by atoms with E-state index in [0.29, 0.717) is 13.2 Å². The van der Waals surface area contributed by atoms with Gasteiger partial charge in [-0.05, 0) is 31.5 Å². The third-order valence-corrected chi connectivity index (χ3v) is 2.03. The maximum atomic E-state index is 5.53. The van der Waals surface area contributed by atoms with Crippen LogP contribution >= 0.6 is 0 Å². The Morgan fingerprint density at radius 2 is 2.13 bits per heavy atom. The molecule has 0 aliphatic rings. The maximum Gasteiger partial charge on any atom is 0.120 e. The summed E-state index contributed by atoms with van der Waals surface area (Å²) in [7, 11) is 0. The number of ether oxygens (including phenoxy) is 2. The summed E-state index contributed by atoms with van der Waals surface area (Å²) in [5, 5.41) is 0. The molecule has 0 saturated heterocycles. The second kappa shape index (κ2) is 6.25. The van der Waals surface area contributed by atoms with Crippen LogP contribution in [-0.2, 0) is 4.74 Å². The van der Waals surface area contributed by atoms with Crippen LogP contribution < -0.4 is 4.74 Å². The van der Waals surface area contributed by atoms with Gasteiger partial charge in [-0.15, -0.1) is 0 Å². The third-order valence-electron chi connectivity index (χ3n) is 2.03. The van der Waals surface area contributed by atoms with Gasteiger partial charge in [0.15, 0.2) is 0 Å². The van der Waals surface area contributed by atoms with E-state index in [2.05, 4.69) is 6.58 Å². The second-order valence-electron chi connectivity index (χ2n) is 3.35. The monoisotopic (exact) mass is 206 g/mol. The van der Waals surface area contributed by atoms with Crippen LogP contribution in [0.3, 0.4) is 0 Å². The van der Waals surface area contributed by atoms with Gasteiger partial charge in [-0.1, -0.05) is 24.3 Å². The Morgan fingerprint density at radius 3 is 2.80 bits per heavy atom. The molecule has 0 unspecified atom stereocenters. The topological polar surface area (TPSA) is 18.5 Å². The molecule has 0 spiro atoms. The van der Waals surface area contributed by atoms with Gasteiger partial charge in [0.2, 0.25) is 0 Å². The first-order chi connectivity index (χ1) is 7.24. The van der Waals surface area contributed by atoms with E-state index >= 15 is 0 Å². The number of allylic oxidation sites excluding steroid dienone is 1. The van der Waals surface area contributed by atoms with Gasteiger partial charge >= 0.3 is 0 Å². The first-order valence-electron chi connectivity index (χ1n) is 5.20. The minimum absolute atomic E-state index is 0.591. The van der Waals surface area contributed by atoms with Gasteiger partial charge in [-0.2, -0.15) is 0 Å². The summed E-state index contributed by atoms with van der Waals surface area (Å²) < 4.78 is 10.7.